The SMILES string of the molecule is O=C=NC(=O)CCc1ccccn1. The van der Waals surface area contributed by atoms with Crippen LogP contribution in [0.3, 0.4) is 0 Å². The highest BCUT2D eigenvalue weighted by atomic mass is 16.2. The van der Waals surface area contributed by atoms with E-state index in [2.05, 4.69) is 9.98 Å². The van der Waals surface area contributed by atoms with Gasteiger partial charge in [0.1, 0.15) is 0 Å². The average molecular weight is 176 g/mol. The molecule has 0 fully saturated rings. The van der Waals surface area contributed by atoms with Gasteiger partial charge in [0.25, 0.3) is 5.91 Å². The summed E-state index contributed by atoms with van der Waals surface area (Å²) >= 11 is 0. The summed E-state index contributed by atoms with van der Waals surface area (Å²) in [5.74, 6) is -0.458. The van der Waals surface area contributed by atoms with Gasteiger partial charge in [-0.25, -0.2) is 4.79 Å². The molecule has 0 unspecified atom stereocenters. The molecule has 0 aromatic carbocycles. The number of isocyanates is 1. The second-order valence-electron chi connectivity index (χ2n) is 2.42. The molecule has 0 spiro atoms. The van der Waals surface area contributed by atoms with Gasteiger partial charge in [0.05, 0.1) is 0 Å². The lowest BCUT2D eigenvalue weighted by atomic mass is 10.2. The van der Waals surface area contributed by atoms with Gasteiger partial charge in [-0.1, -0.05) is 6.07 Å². The Balaban J connectivity index is 2.44. The molecule has 1 heterocycles. The molecule has 1 amide bonds. The number of amides is 1. The number of hydrogen-bond donors (Lipinski definition) is 0. The fraction of sp³-hybridized carbons (Fsp3) is 0.222. The molecule has 0 bridgehead atoms. The Morgan fingerprint density at radius 2 is 2.38 bits per heavy atom. The lowest BCUT2D eigenvalue weighted by Gasteiger charge is -1.94. The number of nitrogens with zero attached hydrogens (tertiary/aromatic N) is 2. The summed E-state index contributed by atoms with van der Waals surface area (Å²) in [6.07, 6.45) is 3.57. The van der Waals surface area contributed by atoms with Gasteiger partial charge in [-0.05, 0) is 18.6 Å². The van der Waals surface area contributed by atoms with E-state index in [0.717, 1.165) is 5.69 Å². The van der Waals surface area contributed by atoms with E-state index in [4.69, 9.17) is 0 Å². The standard InChI is InChI=1S/C9H8N2O2/c12-7-11-9(13)5-4-8-3-1-2-6-10-8/h1-3,6H,4-5H2. The number of aliphatic imine (C=N–C) groups is 1. The minimum Gasteiger partial charge on any atom is -0.272 e. The predicted molar refractivity (Wildman–Crippen MR) is 45.7 cm³/mol. The van der Waals surface area contributed by atoms with Crippen LogP contribution in [0.1, 0.15) is 12.1 Å². The first-order chi connectivity index (χ1) is 6.33. The summed E-state index contributed by atoms with van der Waals surface area (Å²) in [7, 11) is 0. The molecule has 0 radical (unpaired) electrons. The number of carbonyl (C=O) groups excluding carboxylic acids is 2. The van der Waals surface area contributed by atoms with Crippen molar-refractivity contribution in [3.8, 4) is 0 Å². The molecule has 66 valence electrons. The molecular weight excluding hydrogens is 168 g/mol. The van der Waals surface area contributed by atoms with Crippen molar-refractivity contribution in [1.82, 2.24) is 4.98 Å². The normalized spacial score (nSPS) is 8.92. The van der Waals surface area contributed by atoms with E-state index in [1.807, 2.05) is 12.1 Å². The first-order valence-corrected chi connectivity index (χ1v) is 3.83. The molecule has 4 nitrogen and oxygen atoms in total. The van der Waals surface area contributed by atoms with Gasteiger partial charge in [0, 0.05) is 18.3 Å². The van der Waals surface area contributed by atoms with Gasteiger partial charge in [0.2, 0.25) is 6.08 Å². The Labute approximate surface area is 75.3 Å². The van der Waals surface area contributed by atoms with E-state index < -0.39 is 5.91 Å². The van der Waals surface area contributed by atoms with E-state index in [9.17, 15) is 9.59 Å². The van der Waals surface area contributed by atoms with Crippen molar-refractivity contribution in [2.75, 3.05) is 0 Å². The van der Waals surface area contributed by atoms with Crippen LogP contribution in [0.25, 0.3) is 0 Å². The van der Waals surface area contributed by atoms with Crippen molar-refractivity contribution in [3.63, 3.8) is 0 Å². The fourth-order valence-corrected chi connectivity index (χ4v) is 0.888. The van der Waals surface area contributed by atoms with Crippen molar-refractivity contribution < 1.29 is 9.59 Å². The van der Waals surface area contributed by atoms with Gasteiger partial charge in [-0.2, -0.15) is 0 Å². The molecule has 0 saturated heterocycles. The van der Waals surface area contributed by atoms with Crippen LogP contribution in [-0.2, 0) is 16.0 Å². The topological polar surface area (TPSA) is 59.4 Å². The third-order valence-electron chi connectivity index (χ3n) is 1.49. The summed E-state index contributed by atoms with van der Waals surface area (Å²) in [4.78, 5) is 27.4. The molecule has 1 aromatic heterocycles. The quantitative estimate of drug-likeness (QED) is 0.507. The van der Waals surface area contributed by atoms with Crippen molar-refractivity contribution in [2.24, 2.45) is 4.99 Å². The van der Waals surface area contributed by atoms with Crippen LogP contribution in [-0.4, -0.2) is 17.0 Å². The zero-order chi connectivity index (χ0) is 9.52. The molecule has 1 aromatic rings. The number of pyridine rings is 1. The van der Waals surface area contributed by atoms with Crippen LogP contribution in [0, 0.1) is 0 Å². The molecule has 0 aliphatic rings. The second-order valence-corrected chi connectivity index (χ2v) is 2.42. The molecule has 0 aliphatic heterocycles. The van der Waals surface area contributed by atoms with E-state index in [1.54, 1.807) is 12.3 Å². The summed E-state index contributed by atoms with van der Waals surface area (Å²) in [5.41, 5.74) is 0.817. The number of rotatable bonds is 3. The Kier molecular flexibility index (Phi) is 3.54. The Hall–Kier alpha value is -1.80. The van der Waals surface area contributed by atoms with Crippen molar-refractivity contribution >= 4 is 12.0 Å². The van der Waals surface area contributed by atoms with E-state index in [0.29, 0.717) is 6.42 Å². The highest BCUT2D eigenvalue weighted by molar-refractivity contribution is 5.81. The summed E-state index contributed by atoms with van der Waals surface area (Å²) in [6.45, 7) is 0. The van der Waals surface area contributed by atoms with E-state index in [-0.39, 0.29) is 6.42 Å². The fourth-order valence-electron chi connectivity index (χ4n) is 0.888. The van der Waals surface area contributed by atoms with Gasteiger partial charge in [-0.3, -0.25) is 9.78 Å². The smallest absolute Gasteiger partial charge is 0.256 e. The average Bonchev–Trinajstić information content (AvgIpc) is 2.17. The molecule has 0 aliphatic carbocycles. The van der Waals surface area contributed by atoms with Crippen LogP contribution in [0.5, 0.6) is 0 Å². The van der Waals surface area contributed by atoms with Crippen LogP contribution in [0.15, 0.2) is 29.4 Å². The van der Waals surface area contributed by atoms with E-state index >= 15 is 0 Å². The summed E-state index contributed by atoms with van der Waals surface area (Å²) in [6, 6.07) is 5.46. The van der Waals surface area contributed by atoms with Crippen LogP contribution in [0.4, 0.5) is 0 Å². The minimum atomic E-state index is -0.458. The third kappa shape index (κ3) is 3.40. The number of aryl methyl sites for hydroxylation is 1. The van der Waals surface area contributed by atoms with Crippen LogP contribution >= 0.6 is 0 Å². The first-order valence-electron chi connectivity index (χ1n) is 3.83. The van der Waals surface area contributed by atoms with Crippen molar-refractivity contribution in [3.05, 3.63) is 30.1 Å². The molecule has 0 N–H and O–H groups in total. The highest BCUT2D eigenvalue weighted by Crippen LogP contribution is 1.98. The summed E-state index contributed by atoms with van der Waals surface area (Å²) in [5, 5.41) is 0. The number of aromatic nitrogens is 1. The first kappa shape index (κ1) is 9.29. The van der Waals surface area contributed by atoms with E-state index in [1.165, 1.54) is 6.08 Å². The molecule has 0 atom stereocenters. The lowest BCUT2D eigenvalue weighted by molar-refractivity contribution is -0.117. The Morgan fingerprint density at radius 3 is 3.00 bits per heavy atom. The maximum absolute atomic E-state index is 10.8. The predicted octanol–water partition coefficient (Wildman–Crippen LogP) is 0.877. The third-order valence-corrected chi connectivity index (χ3v) is 1.49. The lowest BCUT2D eigenvalue weighted by Crippen LogP contribution is -1.97. The monoisotopic (exact) mass is 176 g/mol. The highest BCUT2D eigenvalue weighted by Gasteiger charge is 1.99. The van der Waals surface area contributed by atoms with Gasteiger partial charge in [-0.15, -0.1) is 4.99 Å². The molecule has 0 saturated carbocycles. The largest absolute Gasteiger partial charge is 0.272 e. The van der Waals surface area contributed by atoms with Crippen LogP contribution in [0.2, 0.25) is 0 Å². The number of hydrogen-bond acceptors (Lipinski definition) is 3. The summed E-state index contributed by atoms with van der Waals surface area (Å²) < 4.78 is 0. The molecule has 4 heteroatoms. The minimum absolute atomic E-state index is 0.201. The van der Waals surface area contributed by atoms with Gasteiger partial charge >= 0.3 is 0 Å². The Morgan fingerprint density at radius 1 is 1.54 bits per heavy atom. The Bertz CT molecular complexity index is 329. The van der Waals surface area contributed by atoms with Crippen molar-refractivity contribution in [2.45, 2.75) is 12.8 Å². The number of carbonyl (C=O) groups is 1. The molecule has 1 rings (SSSR count). The van der Waals surface area contributed by atoms with Crippen LogP contribution < -0.4 is 0 Å². The zero-order valence-corrected chi connectivity index (χ0v) is 6.93. The van der Waals surface area contributed by atoms with Gasteiger partial charge in [0.15, 0.2) is 0 Å². The second kappa shape index (κ2) is 4.95. The molecule has 13 heavy (non-hydrogen) atoms. The van der Waals surface area contributed by atoms with Gasteiger partial charge < -0.3 is 0 Å². The molecular formula is C9H8N2O2. The van der Waals surface area contributed by atoms with Crippen molar-refractivity contribution in [1.29, 1.82) is 0 Å². The zero-order valence-electron chi connectivity index (χ0n) is 6.93. The maximum atomic E-state index is 10.8. The maximum Gasteiger partial charge on any atom is 0.256 e.